The molecule has 3 atom stereocenters. The summed E-state index contributed by atoms with van der Waals surface area (Å²) in [6, 6.07) is 0.269. The summed E-state index contributed by atoms with van der Waals surface area (Å²) in [5.41, 5.74) is 5.47. The van der Waals surface area contributed by atoms with Gasteiger partial charge >= 0.3 is 0 Å². The number of carbonyl (C=O) groups excluding carboxylic acids is 1. The first kappa shape index (κ1) is 14.8. The summed E-state index contributed by atoms with van der Waals surface area (Å²) in [6.45, 7) is 8.85. The number of carbonyl (C=O) groups is 1. The summed E-state index contributed by atoms with van der Waals surface area (Å²) in [4.78, 5) is 11.7. The molecule has 0 spiro atoms. The summed E-state index contributed by atoms with van der Waals surface area (Å²) >= 11 is 1.69. The predicted molar refractivity (Wildman–Crippen MR) is 68.1 cm³/mol. The van der Waals surface area contributed by atoms with Crippen molar-refractivity contribution in [2.24, 2.45) is 5.73 Å². The van der Waals surface area contributed by atoms with Gasteiger partial charge in [0.1, 0.15) is 0 Å². The van der Waals surface area contributed by atoms with Gasteiger partial charge in [0.05, 0.1) is 5.25 Å². The quantitative estimate of drug-likeness (QED) is 0.703. The summed E-state index contributed by atoms with van der Waals surface area (Å²) < 4.78 is 0. The van der Waals surface area contributed by atoms with Gasteiger partial charge in [-0.3, -0.25) is 4.79 Å². The minimum atomic E-state index is 0.0144. The third-order valence-corrected chi connectivity index (χ3v) is 3.70. The fourth-order valence-electron chi connectivity index (χ4n) is 1.18. The van der Waals surface area contributed by atoms with Crippen LogP contribution < -0.4 is 11.1 Å². The number of nitrogens with one attached hydrogen (secondary N) is 1. The maximum Gasteiger partial charge on any atom is 0.233 e. The summed E-state index contributed by atoms with van der Waals surface area (Å²) in [6.07, 6.45) is 1.94. The molecule has 0 aliphatic heterocycles. The molecular weight excluding hydrogens is 208 g/mol. The Labute approximate surface area is 97.6 Å². The van der Waals surface area contributed by atoms with Crippen molar-refractivity contribution in [2.75, 3.05) is 6.54 Å². The van der Waals surface area contributed by atoms with Gasteiger partial charge in [0.25, 0.3) is 0 Å². The maximum absolute atomic E-state index is 11.7. The Hall–Kier alpha value is -0.220. The highest BCUT2D eigenvalue weighted by atomic mass is 32.2. The molecule has 0 saturated heterocycles. The van der Waals surface area contributed by atoms with Crippen molar-refractivity contribution in [3.8, 4) is 0 Å². The van der Waals surface area contributed by atoms with Gasteiger partial charge in [-0.25, -0.2) is 0 Å². The zero-order chi connectivity index (χ0) is 11.8. The van der Waals surface area contributed by atoms with Gasteiger partial charge in [-0.1, -0.05) is 13.8 Å². The third-order valence-electron chi connectivity index (χ3n) is 2.38. The molecule has 0 aromatic heterocycles. The van der Waals surface area contributed by atoms with E-state index in [1.165, 1.54) is 0 Å². The van der Waals surface area contributed by atoms with Crippen LogP contribution in [0.2, 0.25) is 0 Å². The predicted octanol–water partition coefficient (Wildman–Crippen LogP) is 1.76. The number of nitrogens with two attached hydrogens (primary N) is 1. The average Bonchev–Trinajstić information content (AvgIpc) is 2.17. The van der Waals surface area contributed by atoms with E-state index in [1.54, 1.807) is 11.8 Å². The van der Waals surface area contributed by atoms with Gasteiger partial charge in [0.2, 0.25) is 5.91 Å². The Bertz CT molecular complexity index is 187. The van der Waals surface area contributed by atoms with Crippen molar-refractivity contribution in [1.82, 2.24) is 5.32 Å². The molecule has 0 aliphatic rings. The monoisotopic (exact) mass is 232 g/mol. The molecule has 3 N–H and O–H groups in total. The Balaban J connectivity index is 3.87. The molecule has 0 rings (SSSR count). The van der Waals surface area contributed by atoms with Crippen molar-refractivity contribution in [2.45, 2.75) is 57.1 Å². The van der Waals surface area contributed by atoms with Gasteiger partial charge in [-0.2, -0.15) is 0 Å². The summed E-state index contributed by atoms with van der Waals surface area (Å²) in [7, 11) is 0. The molecule has 0 aromatic rings. The Morgan fingerprint density at radius 3 is 2.47 bits per heavy atom. The second kappa shape index (κ2) is 7.99. The zero-order valence-corrected chi connectivity index (χ0v) is 11.1. The number of hydrogen-bond acceptors (Lipinski definition) is 3. The van der Waals surface area contributed by atoms with Gasteiger partial charge < -0.3 is 11.1 Å². The Morgan fingerprint density at radius 1 is 1.40 bits per heavy atom. The van der Waals surface area contributed by atoms with E-state index in [0.29, 0.717) is 11.8 Å². The largest absolute Gasteiger partial charge is 0.353 e. The van der Waals surface area contributed by atoms with E-state index in [-0.39, 0.29) is 17.2 Å². The topological polar surface area (TPSA) is 55.1 Å². The van der Waals surface area contributed by atoms with Crippen LogP contribution in [0.25, 0.3) is 0 Å². The fraction of sp³-hybridized carbons (Fsp3) is 0.909. The average molecular weight is 232 g/mol. The summed E-state index contributed by atoms with van der Waals surface area (Å²) in [5.74, 6) is 0.137. The van der Waals surface area contributed by atoms with Gasteiger partial charge in [0.15, 0.2) is 0 Å². The molecule has 0 aromatic carbocycles. The van der Waals surface area contributed by atoms with Crippen LogP contribution in [0.1, 0.15) is 40.5 Å². The van der Waals surface area contributed by atoms with Crippen molar-refractivity contribution >= 4 is 17.7 Å². The first-order valence-electron chi connectivity index (χ1n) is 5.67. The maximum atomic E-state index is 11.7. The lowest BCUT2D eigenvalue weighted by Gasteiger charge is -2.18. The van der Waals surface area contributed by atoms with E-state index in [9.17, 15) is 4.79 Å². The van der Waals surface area contributed by atoms with Crippen molar-refractivity contribution < 1.29 is 4.79 Å². The molecule has 15 heavy (non-hydrogen) atoms. The minimum Gasteiger partial charge on any atom is -0.353 e. The SMILES string of the molecule is CCC(C)NC(=O)C(C)SC(C)CCN. The number of thioether (sulfide) groups is 1. The first-order valence-corrected chi connectivity index (χ1v) is 6.61. The van der Waals surface area contributed by atoms with E-state index in [2.05, 4.69) is 19.2 Å². The molecule has 3 nitrogen and oxygen atoms in total. The molecule has 90 valence electrons. The number of rotatable bonds is 7. The number of amides is 1. The molecule has 1 amide bonds. The summed E-state index contributed by atoms with van der Waals surface area (Å²) in [5, 5.41) is 3.45. The van der Waals surface area contributed by atoms with Crippen LogP contribution in [0.15, 0.2) is 0 Å². The molecule has 0 aliphatic carbocycles. The highest BCUT2D eigenvalue weighted by molar-refractivity contribution is 8.01. The second-order valence-corrected chi connectivity index (χ2v) is 5.77. The number of hydrogen-bond donors (Lipinski definition) is 2. The van der Waals surface area contributed by atoms with E-state index >= 15 is 0 Å². The first-order chi connectivity index (χ1) is 7.01. The zero-order valence-electron chi connectivity index (χ0n) is 10.2. The third kappa shape index (κ3) is 6.79. The minimum absolute atomic E-state index is 0.0144. The van der Waals surface area contributed by atoms with E-state index in [1.807, 2.05) is 13.8 Å². The van der Waals surface area contributed by atoms with E-state index < -0.39 is 0 Å². The molecular formula is C11H24N2OS. The fourth-order valence-corrected chi connectivity index (χ4v) is 2.34. The molecule has 0 saturated carbocycles. The highest BCUT2D eigenvalue weighted by Gasteiger charge is 2.17. The van der Waals surface area contributed by atoms with Crippen molar-refractivity contribution in [3.05, 3.63) is 0 Å². The molecule has 0 bridgehead atoms. The van der Waals surface area contributed by atoms with Gasteiger partial charge in [0, 0.05) is 11.3 Å². The molecule has 4 heteroatoms. The smallest absolute Gasteiger partial charge is 0.233 e. The van der Waals surface area contributed by atoms with Crippen molar-refractivity contribution in [3.63, 3.8) is 0 Å². The van der Waals surface area contributed by atoms with Gasteiger partial charge in [-0.05, 0) is 33.2 Å². The van der Waals surface area contributed by atoms with Crippen LogP contribution in [-0.4, -0.2) is 29.0 Å². The van der Waals surface area contributed by atoms with Crippen LogP contribution in [0.3, 0.4) is 0 Å². The van der Waals surface area contributed by atoms with Crippen LogP contribution in [-0.2, 0) is 4.79 Å². The lowest BCUT2D eigenvalue weighted by Crippen LogP contribution is -2.37. The standard InChI is InChI=1S/C11H24N2OS/c1-5-8(2)13-11(14)10(4)15-9(3)6-7-12/h8-10H,5-7,12H2,1-4H3,(H,13,14). The Kier molecular flexibility index (Phi) is 7.88. The molecule has 0 radical (unpaired) electrons. The van der Waals surface area contributed by atoms with Gasteiger partial charge in [-0.15, -0.1) is 11.8 Å². The van der Waals surface area contributed by atoms with E-state index in [0.717, 1.165) is 12.8 Å². The van der Waals surface area contributed by atoms with E-state index in [4.69, 9.17) is 5.73 Å². The van der Waals surface area contributed by atoms with Crippen LogP contribution >= 0.6 is 11.8 Å². The second-order valence-electron chi connectivity index (χ2n) is 3.98. The lowest BCUT2D eigenvalue weighted by atomic mass is 10.2. The highest BCUT2D eigenvalue weighted by Crippen LogP contribution is 2.19. The van der Waals surface area contributed by atoms with Crippen molar-refractivity contribution in [1.29, 1.82) is 0 Å². The molecule has 3 unspecified atom stereocenters. The lowest BCUT2D eigenvalue weighted by molar-refractivity contribution is -0.120. The molecule has 0 heterocycles. The van der Waals surface area contributed by atoms with Crippen LogP contribution in [0, 0.1) is 0 Å². The normalized spacial score (nSPS) is 16.9. The molecule has 0 fully saturated rings. The van der Waals surface area contributed by atoms with Crippen LogP contribution in [0.5, 0.6) is 0 Å². The Morgan fingerprint density at radius 2 is 2.00 bits per heavy atom. The van der Waals surface area contributed by atoms with Crippen LogP contribution in [0.4, 0.5) is 0 Å².